The van der Waals surface area contributed by atoms with Crippen LogP contribution in [-0.2, 0) is 4.79 Å². The van der Waals surface area contributed by atoms with Gasteiger partial charge in [0.2, 0.25) is 0 Å². The van der Waals surface area contributed by atoms with Gasteiger partial charge in [0.25, 0.3) is 5.91 Å². The number of hydrogen-bond acceptors (Lipinski definition) is 3. The van der Waals surface area contributed by atoms with Crippen molar-refractivity contribution < 1.29 is 14.3 Å². The minimum Gasteiger partial charge on any atom is -0.497 e. The largest absolute Gasteiger partial charge is 0.497 e. The van der Waals surface area contributed by atoms with Crippen LogP contribution in [0.1, 0.15) is 27.2 Å². The topological polar surface area (TPSA) is 47.6 Å². The van der Waals surface area contributed by atoms with E-state index in [-0.39, 0.29) is 11.9 Å². The van der Waals surface area contributed by atoms with Crippen LogP contribution >= 0.6 is 0 Å². The maximum atomic E-state index is 11.9. The molecular weight excluding hydrogens is 230 g/mol. The Morgan fingerprint density at radius 2 is 1.78 bits per heavy atom. The zero-order valence-corrected chi connectivity index (χ0v) is 11.4. The Morgan fingerprint density at radius 3 is 2.22 bits per heavy atom. The number of benzene rings is 1. The van der Waals surface area contributed by atoms with Gasteiger partial charge < -0.3 is 14.8 Å². The van der Waals surface area contributed by atoms with Gasteiger partial charge in [0.05, 0.1) is 7.11 Å². The molecule has 0 aliphatic heterocycles. The Kier molecular flexibility index (Phi) is 5.49. The van der Waals surface area contributed by atoms with Crippen molar-refractivity contribution in [2.45, 2.75) is 39.3 Å². The number of methoxy groups -OCH3 is 1. The summed E-state index contributed by atoms with van der Waals surface area (Å²) in [6, 6.07) is 7.32. The molecule has 1 amide bonds. The van der Waals surface area contributed by atoms with Crippen molar-refractivity contribution in [1.82, 2.24) is 5.32 Å². The van der Waals surface area contributed by atoms with E-state index in [1.165, 1.54) is 0 Å². The number of hydrogen-bond donors (Lipinski definition) is 1. The zero-order chi connectivity index (χ0) is 13.5. The molecule has 4 heteroatoms. The Balaban J connectivity index is 2.64. The number of carbonyl (C=O) groups excluding carboxylic acids is 1. The smallest absolute Gasteiger partial charge is 0.261 e. The van der Waals surface area contributed by atoms with Crippen LogP contribution in [0.5, 0.6) is 11.5 Å². The van der Waals surface area contributed by atoms with Crippen LogP contribution in [0.15, 0.2) is 24.3 Å². The Morgan fingerprint density at radius 1 is 1.22 bits per heavy atom. The fourth-order valence-electron chi connectivity index (χ4n) is 1.52. The van der Waals surface area contributed by atoms with Gasteiger partial charge in [-0.25, -0.2) is 0 Å². The van der Waals surface area contributed by atoms with E-state index in [9.17, 15) is 4.79 Å². The van der Waals surface area contributed by atoms with E-state index in [0.29, 0.717) is 12.2 Å². The fourth-order valence-corrected chi connectivity index (χ4v) is 1.52. The van der Waals surface area contributed by atoms with Crippen LogP contribution < -0.4 is 14.8 Å². The average molecular weight is 251 g/mol. The van der Waals surface area contributed by atoms with Gasteiger partial charge in [-0.15, -0.1) is 0 Å². The van der Waals surface area contributed by atoms with Crippen molar-refractivity contribution in [2.24, 2.45) is 0 Å². The van der Waals surface area contributed by atoms with Gasteiger partial charge in [-0.05, 0) is 44.5 Å². The van der Waals surface area contributed by atoms with Gasteiger partial charge in [0, 0.05) is 6.04 Å². The molecule has 0 heterocycles. The molecule has 1 rings (SSSR count). The van der Waals surface area contributed by atoms with Gasteiger partial charge in [-0.3, -0.25) is 4.79 Å². The van der Waals surface area contributed by atoms with Gasteiger partial charge in [-0.1, -0.05) is 6.92 Å². The number of carbonyl (C=O) groups is 1. The van der Waals surface area contributed by atoms with Crippen LogP contribution in [0.2, 0.25) is 0 Å². The lowest BCUT2D eigenvalue weighted by atomic mass is 10.2. The molecule has 4 nitrogen and oxygen atoms in total. The summed E-state index contributed by atoms with van der Waals surface area (Å²) in [7, 11) is 1.61. The summed E-state index contributed by atoms with van der Waals surface area (Å²) >= 11 is 0. The molecule has 0 saturated heterocycles. The molecule has 1 N–H and O–H groups in total. The lowest BCUT2D eigenvalue weighted by Crippen LogP contribution is -2.41. The first-order valence-corrected chi connectivity index (χ1v) is 6.18. The highest BCUT2D eigenvalue weighted by atomic mass is 16.5. The first kappa shape index (κ1) is 14.4. The van der Waals surface area contributed by atoms with Crippen LogP contribution in [-0.4, -0.2) is 25.2 Å². The van der Waals surface area contributed by atoms with E-state index < -0.39 is 6.10 Å². The van der Waals surface area contributed by atoms with Gasteiger partial charge in [0.15, 0.2) is 6.10 Å². The molecule has 0 spiro atoms. The molecular formula is C14H21NO3. The molecule has 100 valence electrons. The minimum absolute atomic E-state index is 0.0803. The van der Waals surface area contributed by atoms with Crippen LogP contribution in [0.25, 0.3) is 0 Å². The summed E-state index contributed by atoms with van der Waals surface area (Å²) in [4.78, 5) is 11.9. The normalized spacial score (nSPS) is 12.1. The Hall–Kier alpha value is -1.71. The summed E-state index contributed by atoms with van der Waals surface area (Å²) in [5.74, 6) is 1.35. The van der Waals surface area contributed by atoms with Gasteiger partial charge in [-0.2, -0.15) is 0 Å². The maximum absolute atomic E-state index is 11.9. The van der Waals surface area contributed by atoms with E-state index in [2.05, 4.69) is 5.32 Å². The Labute approximate surface area is 108 Å². The molecule has 0 saturated carbocycles. The quantitative estimate of drug-likeness (QED) is 0.844. The molecule has 1 aromatic rings. The second-order valence-electron chi connectivity index (χ2n) is 4.35. The summed E-state index contributed by atoms with van der Waals surface area (Å²) in [6.45, 7) is 5.78. The fraction of sp³-hybridized carbons (Fsp3) is 0.500. The highest BCUT2D eigenvalue weighted by molar-refractivity contribution is 5.81. The molecule has 0 aromatic heterocycles. The SMILES string of the molecule is CC[C@H](Oc1ccc(OC)cc1)C(=O)NC(C)C. The molecule has 0 aliphatic carbocycles. The van der Waals surface area contributed by atoms with E-state index in [4.69, 9.17) is 9.47 Å². The van der Waals surface area contributed by atoms with Crippen molar-refractivity contribution in [3.05, 3.63) is 24.3 Å². The molecule has 1 atom stereocenters. The first-order chi connectivity index (χ1) is 8.56. The summed E-state index contributed by atoms with van der Waals surface area (Å²) < 4.78 is 10.7. The molecule has 18 heavy (non-hydrogen) atoms. The Bertz CT molecular complexity index is 373. The van der Waals surface area contributed by atoms with Gasteiger partial charge in [0.1, 0.15) is 11.5 Å². The molecule has 0 fully saturated rings. The molecule has 0 unspecified atom stereocenters. The summed E-state index contributed by atoms with van der Waals surface area (Å²) in [5, 5.41) is 2.85. The van der Waals surface area contributed by atoms with Crippen molar-refractivity contribution >= 4 is 5.91 Å². The molecule has 1 aromatic carbocycles. The van der Waals surface area contributed by atoms with E-state index in [1.807, 2.05) is 32.9 Å². The second kappa shape index (κ2) is 6.89. The van der Waals surface area contributed by atoms with Crippen LogP contribution in [0.4, 0.5) is 0 Å². The average Bonchev–Trinajstić information content (AvgIpc) is 2.35. The number of amides is 1. The third-order valence-corrected chi connectivity index (χ3v) is 2.43. The lowest BCUT2D eigenvalue weighted by Gasteiger charge is -2.18. The highest BCUT2D eigenvalue weighted by Crippen LogP contribution is 2.18. The van der Waals surface area contributed by atoms with Gasteiger partial charge >= 0.3 is 0 Å². The van der Waals surface area contributed by atoms with Crippen molar-refractivity contribution in [2.75, 3.05) is 7.11 Å². The maximum Gasteiger partial charge on any atom is 0.261 e. The number of ether oxygens (including phenoxy) is 2. The third kappa shape index (κ3) is 4.28. The van der Waals surface area contributed by atoms with Crippen molar-refractivity contribution in [3.8, 4) is 11.5 Å². The van der Waals surface area contributed by atoms with E-state index in [0.717, 1.165) is 5.75 Å². The number of nitrogens with one attached hydrogen (secondary N) is 1. The van der Waals surface area contributed by atoms with E-state index in [1.54, 1.807) is 19.2 Å². The predicted octanol–water partition coefficient (Wildman–Crippen LogP) is 2.38. The predicted molar refractivity (Wildman–Crippen MR) is 71.0 cm³/mol. The number of rotatable bonds is 6. The summed E-state index contributed by atoms with van der Waals surface area (Å²) in [5.41, 5.74) is 0. The standard InChI is InChI=1S/C14H21NO3/c1-5-13(14(16)15-10(2)3)18-12-8-6-11(17-4)7-9-12/h6-10,13H,5H2,1-4H3,(H,15,16)/t13-/m0/s1. The molecule has 0 radical (unpaired) electrons. The monoisotopic (exact) mass is 251 g/mol. The third-order valence-electron chi connectivity index (χ3n) is 2.43. The zero-order valence-electron chi connectivity index (χ0n) is 11.4. The van der Waals surface area contributed by atoms with Crippen molar-refractivity contribution in [1.29, 1.82) is 0 Å². The van der Waals surface area contributed by atoms with Crippen LogP contribution in [0.3, 0.4) is 0 Å². The van der Waals surface area contributed by atoms with Crippen molar-refractivity contribution in [3.63, 3.8) is 0 Å². The molecule has 0 aliphatic rings. The second-order valence-corrected chi connectivity index (χ2v) is 4.35. The molecule has 0 bridgehead atoms. The minimum atomic E-state index is -0.458. The first-order valence-electron chi connectivity index (χ1n) is 6.18. The summed E-state index contributed by atoms with van der Waals surface area (Å²) in [6.07, 6.45) is 0.172. The van der Waals surface area contributed by atoms with Crippen LogP contribution in [0, 0.1) is 0 Å². The lowest BCUT2D eigenvalue weighted by molar-refractivity contribution is -0.128. The highest BCUT2D eigenvalue weighted by Gasteiger charge is 2.18. The van der Waals surface area contributed by atoms with E-state index >= 15 is 0 Å².